The first-order valence-corrected chi connectivity index (χ1v) is 8.26. The van der Waals surface area contributed by atoms with Gasteiger partial charge in [0.2, 0.25) is 5.78 Å². The van der Waals surface area contributed by atoms with Crippen molar-refractivity contribution in [2.24, 2.45) is 0 Å². The van der Waals surface area contributed by atoms with E-state index in [0.29, 0.717) is 20.4 Å². The van der Waals surface area contributed by atoms with E-state index in [-0.39, 0.29) is 22.8 Å². The molecule has 0 saturated heterocycles. The summed E-state index contributed by atoms with van der Waals surface area (Å²) < 4.78 is 5.71. The number of aromatic amines is 1. The molecule has 0 spiro atoms. The average molecular weight is 371 g/mol. The molecule has 3 aromatic rings. The number of Topliss-reactive ketones (excluding diaryl/α,β-unsaturated/α-hetero) is 1. The number of H-pyrrole nitrogens is 1. The van der Waals surface area contributed by atoms with Crippen LogP contribution in [0.1, 0.15) is 16.1 Å². The van der Waals surface area contributed by atoms with Crippen LogP contribution < -0.4 is 20.1 Å². The quantitative estimate of drug-likeness (QED) is 0.398. The number of nitro groups is 1. The zero-order chi connectivity index (χ0) is 18.7. The Labute approximate surface area is 150 Å². The molecule has 132 valence electrons. The lowest BCUT2D eigenvalue weighted by atomic mass is 10.1. The summed E-state index contributed by atoms with van der Waals surface area (Å²) in [6.07, 6.45) is 4.19. The highest BCUT2D eigenvalue weighted by Gasteiger charge is 2.12. The van der Waals surface area contributed by atoms with E-state index < -0.39 is 4.92 Å². The van der Waals surface area contributed by atoms with Crippen LogP contribution in [0.15, 0.2) is 45.8 Å². The van der Waals surface area contributed by atoms with E-state index in [4.69, 9.17) is 4.42 Å². The molecule has 0 bridgehead atoms. The molecule has 8 nitrogen and oxygen atoms in total. The molecule has 0 aliphatic rings. The maximum Gasteiger partial charge on any atom is 0.292 e. The minimum absolute atomic E-state index is 0.0889. The smallest absolute Gasteiger partial charge is 0.292 e. The van der Waals surface area contributed by atoms with Gasteiger partial charge in [0.15, 0.2) is 5.76 Å². The van der Waals surface area contributed by atoms with Crippen molar-refractivity contribution in [3.05, 3.63) is 77.6 Å². The number of benzene rings is 1. The first kappa shape index (κ1) is 17.4. The molecule has 0 radical (unpaired) electrons. The second-order valence-corrected chi connectivity index (χ2v) is 6.28. The molecule has 2 N–H and O–H groups in total. The molecule has 0 amide bonds. The first-order valence-electron chi connectivity index (χ1n) is 7.44. The highest BCUT2D eigenvalue weighted by atomic mass is 32.1. The molecular formula is C17H13N3O5S. The molecule has 0 atom stereocenters. The van der Waals surface area contributed by atoms with E-state index in [2.05, 4.69) is 10.3 Å². The van der Waals surface area contributed by atoms with Crippen molar-refractivity contribution in [1.82, 2.24) is 4.98 Å². The fraction of sp³-hybridized carbons (Fsp3) is 0.0588. The molecule has 2 aromatic heterocycles. The number of ketones is 1. The van der Waals surface area contributed by atoms with E-state index in [1.807, 2.05) is 0 Å². The zero-order valence-corrected chi connectivity index (χ0v) is 14.3. The number of furan rings is 1. The SMILES string of the molecule is CNc1ccc(/C=c2\s/c(=C\C(=O)c3ccco3)[nH]c2=O)cc1[N+](=O)[O-]. The van der Waals surface area contributed by atoms with E-state index in [9.17, 15) is 19.7 Å². The number of carbonyl (C=O) groups excluding carboxylic acids is 1. The van der Waals surface area contributed by atoms with Gasteiger partial charge < -0.3 is 14.7 Å². The van der Waals surface area contributed by atoms with Crippen LogP contribution in [0.5, 0.6) is 0 Å². The highest BCUT2D eigenvalue weighted by molar-refractivity contribution is 7.07. The Morgan fingerprint density at radius 2 is 2.19 bits per heavy atom. The number of hydrogen-bond donors (Lipinski definition) is 2. The lowest BCUT2D eigenvalue weighted by Crippen LogP contribution is -2.20. The van der Waals surface area contributed by atoms with Crippen molar-refractivity contribution in [1.29, 1.82) is 0 Å². The summed E-state index contributed by atoms with van der Waals surface area (Å²) in [5.41, 5.74) is 0.417. The first-order chi connectivity index (χ1) is 12.5. The van der Waals surface area contributed by atoms with Crippen molar-refractivity contribution < 1.29 is 14.1 Å². The van der Waals surface area contributed by atoms with Gasteiger partial charge in [0.1, 0.15) is 5.69 Å². The van der Waals surface area contributed by atoms with Gasteiger partial charge in [0.25, 0.3) is 11.2 Å². The van der Waals surface area contributed by atoms with Crippen molar-refractivity contribution in [2.45, 2.75) is 0 Å². The van der Waals surface area contributed by atoms with Crippen molar-refractivity contribution >= 4 is 40.6 Å². The van der Waals surface area contributed by atoms with Crippen molar-refractivity contribution in [3.8, 4) is 0 Å². The van der Waals surface area contributed by atoms with E-state index in [0.717, 1.165) is 11.3 Å². The Bertz CT molecular complexity index is 1140. The van der Waals surface area contributed by atoms with Crippen LogP contribution in [0.3, 0.4) is 0 Å². The van der Waals surface area contributed by atoms with Gasteiger partial charge in [-0.1, -0.05) is 6.07 Å². The van der Waals surface area contributed by atoms with Gasteiger partial charge in [-0.25, -0.2) is 0 Å². The van der Waals surface area contributed by atoms with E-state index >= 15 is 0 Å². The molecule has 0 aliphatic carbocycles. The molecule has 26 heavy (non-hydrogen) atoms. The molecule has 0 fully saturated rings. The third-order valence-corrected chi connectivity index (χ3v) is 4.46. The normalized spacial score (nSPS) is 12.3. The van der Waals surface area contributed by atoms with Crippen molar-refractivity contribution in [2.75, 3.05) is 12.4 Å². The number of carbonyl (C=O) groups is 1. The number of thiazole rings is 1. The predicted octanol–water partition coefficient (Wildman–Crippen LogP) is 1.47. The molecule has 0 aliphatic heterocycles. The van der Waals surface area contributed by atoms with Crippen LogP contribution in [0.4, 0.5) is 11.4 Å². The summed E-state index contributed by atoms with van der Waals surface area (Å²) in [7, 11) is 1.59. The van der Waals surface area contributed by atoms with Crippen LogP contribution in [0.25, 0.3) is 12.2 Å². The molecule has 1 aromatic carbocycles. The summed E-state index contributed by atoms with van der Waals surface area (Å²) in [5.74, 6) is -0.198. The molecule has 2 heterocycles. The zero-order valence-electron chi connectivity index (χ0n) is 13.5. The lowest BCUT2D eigenvalue weighted by molar-refractivity contribution is -0.383. The fourth-order valence-corrected chi connectivity index (χ4v) is 3.17. The second kappa shape index (κ2) is 7.19. The minimum Gasteiger partial charge on any atom is -0.461 e. The van der Waals surface area contributed by atoms with Gasteiger partial charge in [-0.2, -0.15) is 0 Å². The Morgan fingerprint density at radius 3 is 2.85 bits per heavy atom. The van der Waals surface area contributed by atoms with Gasteiger partial charge in [-0.3, -0.25) is 19.7 Å². The maximum absolute atomic E-state index is 12.1. The van der Waals surface area contributed by atoms with E-state index in [1.165, 1.54) is 30.5 Å². The molecule has 9 heteroatoms. The molecule has 3 rings (SSSR count). The predicted molar refractivity (Wildman–Crippen MR) is 97.9 cm³/mol. The third kappa shape index (κ3) is 3.62. The molecule has 0 unspecified atom stereocenters. The van der Waals surface area contributed by atoms with Gasteiger partial charge in [0, 0.05) is 19.2 Å². The Kier molecular flexibility index (Phi) is 4.81. The maximum atomic E-state index is 12.1. The number of hydrogen-bond acceptors (Lipinski definition) is 7. The van der Waals surface area contributed by atoms with Gasteiger partial charge >= 0.3 is 0 Å². The van der Waals surface area contributed by atoms with Crippen LogP contribution in [-0.4, -0.2) is 22.7 Å². The Hall–Kier alpha value is -3.46. The average Bonchev–Trinajstić information content (AvgIpc) is 3.25. The van der Waals surface area contributed by atoms with Gasteiger partial charge in [0.05, 0.1) is 20.4 Å². The second-order valence-electron chi connectivity index (χ2n) is 5.20. The highest BCUT2D eigenvalue weighted by Crippen LogP contribution is 2.25. The van der Waals surface area contributed by atoms with Crippen LogP contribution in [-0.2, 0) is 0 Å². The summed E-state index contributed by atoms with van der Waals surface area (Å²) in [5, 5.41) is 13.9. The third-order valence-electron chi connectivity index (χ3n) is 3.49. The number of aromatic nitrogens is 1. The van der Waals surface area contributed by atoms with Crippen LogP contribution in [0.2, 0.25) is 0 Å². The van der Waals surface area contributed by atoms with Gasteiger partial charge in [-0.05, 0) is 29.8 Å². The number of nitrogens with zero attached hydrogens (tertiary/aromatic N) is 1. The monoisotopic (exact) mass is 371 g/mol. The number of nitrogens with one attached hydrogen (secondary N) is 2. The summed E-state index contributed by atoms with van der Waals surface area (Å²) in [6, 6.07) is 7.73. The number of anilines is 1. The number of rotatable bonds is 5. The summed E-state index contributed by atoms with van der Waals surface area (Å²) in [6.45, 7) is 0. The van der Waals surface area contributed by atoms with Crippen LogP contribution >= 0.6 is 11.3 Å². The van der Waals surface area contributed by atoms with E-state index in [1.54, 1.807) is 25.2 Å². The number of nitro benzene ring substituents is 1. The minimum atomic E-state index is -0.497. The Morgan fingerprint density at radius 1 is 1.38 bits per heavy atom. The summed E-state index contributed by atoms with van der Waals surface area (Å²) in [4.78, 5) is 37.3. The summed E-state index contributed by atoms with van der Waals surface area (Å²) >= 11 is 1.08. The van der Waals surface area contributed by atoms with Crippen molar-refractivity contribution in [3.63, 3.8) is 0 Å². The fourth-order valence-electron chi connectivity index (χ4n) is 2.29. The molecular weight excluding hydrogens is 358 g/mol. The van der Waals surface area contributed by atoms with Crippen LogP contribution in [0, 0.1) is 10.1 Å². The lowest BCUT2D eigenvalue weighted by Gasteiger charge is -2.02. The van der Waals surface area contributed by atoms with Gasteiger partial charge in [-0.15, -0.1) is 11.3 Å². The largest absolute Gasteiger partial charge is 0.461 e. The Balaban J connectivity index is 2.02. The standard InChI is InChI=1S/C17H13N3O5S/c1-18-11-5-4-10(7-12(11)20(23)24)8-15-17(22)19-16(26-15)9-13(21)14-3-2-6-25-14/h2-9,18H,1H3,(H,19,22)/b15-8-,16-9-. The topological polar surface area (TPSA) is 118 Å². The molecule has 0 saturated carbocycles.